The monoisotopic (exact) mass is 316 g/mol. The smallest absolute Gasteiger partial charge is 0.307 e. The summed E-state index contributed by atoms with van der Waals surface area (Å²) in [6, 6.07) is 7.07. The first-order valence-corrected chi connectivity index (χ1v) is 7.21. The topological polar surface area (TPSA) is 82.2 Å². The summed E-state index contributed by atoms with van der Waals surface area (Å²) in [4.78, 5) is 17.7. The molecule has 0 spiro atoms. The average molecular weight is 317 g/mol. The molecule has 7 heteroatoms. The molecule has 112 valence electrons. The van der Waals surface area contributed by atoms with Crippen LogP contribution in [-0.2, 0) is 0 Å². The van der Waals surface area contributed by atoms with Gasteiger partial charge in [-0.2, -0.15) is 5.26 Å². The van der Waals surface area contributed by atoms with Gasteiger partial charge < -0.3 is 14.6 Å². The van der Waals surface area contributed by atoms with Gasteiger partial charge in [0.15, 0.2) is 12.0 Å². The second-order valence-corrected chi connectivity index (χ2v) is 5.48. The Morgan fingerprint density at radius 3 is 3.14 bits per heavy atom. The number of nitrogens with one attached hydrogen (secondary N) is 1. The van der Waals surface area contributed by atoms with Crippen molar-refractivity contribution in [3.63, 3.8) is 0 Å². The molecule has 0 unspecified atom stereocenters. The van der Waals surface area contributed by atoms with Gasteiger partial charge in [0.2, 0.25) is 0 Å². The van der Waals surface area contributed by atoms with E-state index in [1.807, 2.05) is 6.07 Å². The van der Waals surface area contributed by atoms with E-state index in [4.69, 9.17) is 21.3 Å². The molecule has 0 radical (unpaired) electrons. The molecule has 2 aromatic rings. The van der Waals surface area contributed by atoms with Crippen molar-refractivity contribution in [1.82, 2.24) is 15.2 Å². The van der Waals surface area contributed by atoms with Crippen molar-refractivity contribution in [2.75, 3.05) is 13.1 Å². The number of carbonyl (C=O) groups is 1. The summed E-state index contributed by atoms with van der Waals surface area (Å²) in [7, 11) is 0. The molecule has 1 amide bonds. The zero-order chi connectivity index (χ0) is 15.5. The number of aromatic nitrogens is 1. The predicted molar refractivity (Wildman–Crippen MR) is 80.0 cm³/mol. The van der Waals surface area contributed by atoms with Crippen LogP contribution in [0.4, 0.5) is 0 Å². The van der Waals surface area contributed by atoms with Gasteiger partial charge in [0.25, 0.3) is 5.89 Å². The molecular weight excluding hydrogens is 304 g/mol. The van der Waals surface area contributed by atoms with Gasteiger partial charge in [-0.05, 0) is 18.6 Å². The molecule has 0 saturated carbocycles. The summed E-state index contributed by atoms with van der Waals surface area (Å²) in [5.41, 5.74) is 0.760. The van der Waals surface area contributed by atoms with Crippen LogP contribution < -0.4 is 5.32 Å². The molecule has 1 saturated heterocycles. The number of oxazole rings is 1. The van der Waals surface area contributed by atoms with E-state index in [1.54, 1.807) is 23.1 Å². The predicted octanol–water partition coefficient (Wildman–Crippen LogP) is 2.28. The fourth-order valence-electron chi connectivity index (χ4n) is 2.37. The average Bonchev–Trinajstić information content (AvgIpc) is 3.16. The molecule has 6 nitrogen and oxygen atoms in total. The maximum Gasteiger partial charge on any atom is 0.307 e. The standard InChI is InChI=1S/C15H13ClN4O2/c16-11-3-1-2-10(6-11)13-7-18-15(22-13)14(21)19-12-4-5-20(8-12)9-17/h1-3,6-7,12H,4-5,8H2,(H,19,21)/t12-/m1/s1. The highest BCUT2D eigenvalue weighted by atomic mass is 35.5. The molecule has 22 heavy (non-hydrogen) atoms. The van der Waals surface area contributed by atoms with Crippen LogP contribution in [0.25, 0.3) is 11.3 Å². The van der Waals surface area contributed by atoms with E-state index in [1.165, 1.54) is 6.20 Å². The number of hydrogen-bond donors (Lipinski definition) is 1. The lowest BCUT2D eigenvalue weighted by molar-refractivity contribution is 0.0904. The van der Waals surface area contributed by atoms with Crippen LogP contribution in [0.1, 0.15) is 17.1 Å². The number of halogens is 1. The highest BCUT2D eigenvalue weighted by molar-refractivity contribution is 6.30. The van der Waals surface area contributed by atoms with Crippen LogP contribution in [0.15, 0.2) is 34.9 Å². The Morgan fingerprint density at radius 1 is 1.55 bits per heavy atom. The highest BCUT2D eigenvalue weighted by Gasteiger charge is 2.25. The van der Waals surface area contributed by atoms with E-state index >= 15 is 0 Å². The zero-order valence-electron chi connectivity index (χ0n) is 11.6. The number of hydrogen-bond acceptors (Lipinski definition) is 5. The molecule has 0 bridgehead atoms. The third-order valence-corrected chi connectivity index (χ3v) is 3.71. The molecule has 1 aliphatic heterocycles. The molecule has 1 aromatic heterocycles. The maximum atomic E-state index is 12.1. The SMILES string of the molecule is N#CN1CC[C@@H](NC(=O)c2ncc(-c3cccc(Cl)c3)o2)C1. The van der Waals surface area contributed by atoms with Crippen LogP contribution in [0.3, 0.4) is 0 Å². The van der Waals surface area contributed by atoms with Gasteiger partial charge in [0.1, 0.15) is 0 Å². The van der Waals surface area contributed by atoms with Crippen molar-refractivity contribution in [3.8, 4) is 17.5 Å². The van der Waals surface area contributed by atoms with Crippen LogP contribution in [0, 0.1) is 11.5 Å². The van der Waals surface area contributed by atoms with Crippen molar-refractivity contribution in [1.29, 1.82) is 5.26 Å². The number of nitrogens with zero attached hydrogens (tertiary/aromatic N) is 3. The fourth-order valence-corrected chi connectivity index (χ4v) is 2.56. The van der Waals surface area contributed by atoms with E-state index in [0.29, 0.717) is 23.9 Å². The number of likely N-dealkylation sites (tertiary alicyclic amines) is 1. The number of carbonyl (C=O) groups excluding carboxylic acids is 1. The fraction of sp³-hybridized carbons (Fsp3) is 0.267. The molecule has 1 atom stereocenters. The van der Waals surface area contributed by atoms with Gasteiger partial charge >= 0.3 is 5.91 Å². The van der Waals surface area contributed by atoms with Gasteiger partial charge in [0, 0.05) is 29.7 Å². The first kappa shape index (κ1) is 14.4. The summed E-state index contributed by atoms with van der Waals surface area (Å²) in [6.07, 6.45) is 4.30. The Labute approximate surface area is 132 Å². The molecule has 1 aliphatic rings. The normalized spacial score (nSPS) is 17.3. The summed E-state index contributed by atoms with van der Waals surface area (Å²) in [5.74, 6) is 0.112. The molecule has 1 N–H and O–H groups in total. The quantitative estimate of drug-likeness (QED) is 0.878. The Balaban J connectivity index is 1.69. The van der Waals surface area contributed by atoms with Crippen molar-refractivity contribution in [2.45, 2.75) is 12.5 Å². The van der Waals surface area contributed by atoms with E-state index in [0.717, 1.165) is 12.0 Å². The zero-order valence-corrected chi connectivity index (χ0v) is 12.4. The van der Waals surface area contributed by atoms with Gasteiger partial charge in [-0.1, -0.05) is 23.7 Å². The lowest BCUT2D eigenvalue weighted by Crippen LogP contribution is -2.36. The second-order valence-electron chi connectivity index (χ2n) is 5.05. The number of benzene rings is 1. The summed E-state index contributed by atoms with van der Waals surface area (Å²) < 4.78 is 5.49. The minimum absolute atomic E-state index is 0.00498. The van der Waals surface area contributed by atoms with Crippen molar-refractivity contribution < 1.29 is 9.21 Å². The minimum atomic E-state index is -0.377. The van der Waals surface area contributed by atoms with E-state index in [2.05, 4.69) is 16.5 Å². The van der Waals surface area contributed by atoms with Crippen LogP contribution in [-0.4, -0.2) is 34.9 Å². The number of nitriles is 1. The first-order valence-electron chi connectivity index (χ1n) is 6.83. The Morgan fingerprint density at radius 2 is 2.41 bits per heavy atom. The second kappa shape index (κ2) is 6.08. The van der Waals surface area contributed by atoms with Gasteiger partial charge in [-0.15, -0.1) is 0 Å². The number of rotatable bonds is 3. The summed E-state index contributed by atoms with van der Waals surface area (Å²) in [5, 5.41) is 12.2. The lowest BCUT2D eigenvalue weighted by atomic mass is 10.2. The summed E-state index contributed by atoms with van der Waals surface area (Å²) in [6.45, 7) is 1.17. The van der Waals surface area contributed by atoms with Crippen molar-refractivity contribution in [2.24, 2.45) is 0 Å². The molecule has 3 rings (SSSR count). The highest BCUT2D eigenvalue weighted by Crippen LogP contribution is 2.23. The third kappa shape index (κ3) is 3.05. The molecule has 1 aromatic carbocycles. The Hall–Kier alpha value is -2.52. The Bertz CT molecular complexity index is 737. The van der Waals surface area contributed by atoms with Gasteiger partial charge in [-0.3, -0.25) is 4.79 Å². The first-order chi connectivity index (χ1) is 10.7. The van der Waals surface area contributed by atoms with Gasteiger partial charge in [0.05, 0.1) is 6.20 Å². The van der Waals surface area contributed by atoms with E-state index in [-0.39, 0.29) is 17.8 Å². The maximum absolute atomic E-state index is 12.1. The molecule has 1 fully saturated rings. The van der Waals surface area contributed by atoms with Crippen molar-refractivity contribution >= 4 is 17.5 Å². The third-order valence-electron chi connectivity index (χ3n) is 3.47. The minimum Gasteiger partial charge on any atom is -0.432 e. The largest absolute Gasteiger partial charge is 0.432 e. The van der Waals surface area contributed by atoms with Crippen LogP contribution in [0.5, 0.6) is 0 Å². The van der Waals surface area contributed by atoms with E-state index < -0.39 is 0 Å². The number of amides is 1. The van der Waals surface area contributed by atoms with Crippen LogP contribution >= 0.6 is 11.6 Å². The molecule has 2 heterocycles. The van der Waals surface area contributed by atoms with E-state index in [9.17, 15) is 4.79 Å². The molecule has 0 aliphatic carbocycles. The van der Waals surface area contributed by atoms with Gasteiger partial charge in [-0.25, -0.2) is 4.98 Å². The van der Waals surface area contributed by atoms with Crippen LogP contribution in [0.2, 0.25) is 5.02 Å². The summed E-state index contributed by atoms with van der Waals surface area (Å²) >= 11 is 5.93. The van der Waals surface area contributed by atoms with Crippen molar-refractivity contribution in [3.05, 3.63) is 41.4 Å². The molecular formula is C15H13ClN4O2. The lowest BCUT2D eigenvalue weighted by Gasteiger charge is -2.10. The Kier molecular flexibility index (Phi) is 3.98.